The minimum Gasteiger partial charge on any atom is -0.467 e. The van der Waals surface area contributed by atoms with Gasteiger partial charge in [0.25, 0.3) is 0 Å². The summed E-state index contributed by atoms with van der Waals surface area (Å²) in [4.78, 5) is 36.5. The molecule has 0 bridgehead atoms. The fourth-order valence-electron chi connectivity index (χ4n) is 2.56. The molecule has 154 valence electrons. The summed E-state index contributed by atoms with van der Waals surface area (Å²) in [5, 5.41) is 14.2. The van der Waals surface area contributed by atoms with Crippen molar-refractivity contribution in [3.63, 3.8) is 0 Å². The highest BCUT2D eigenvalue weighted by molar-refractivity contribution is 5.89. The minimum absolute atomic E-state index is 0.0494. The van der Waals surface area contributed by atoms with E-state index < -0.39 is 36.7 Å². The van der Waals surface area contributed by atoms with E-state index in [9.17, 15) is 19.5 Å². The van der Waals surface area contributed by atoms with Crippen LogP contribution < -0.4 is 10.6 Å². The van der Waals surface area contributed by atoms with Crippen molar-refractivity contribution in [1.29, 1.82) is 0 Å². The Kier molecular flexibility index (Phi) is 8.65. The second kappa shape index (κ2) is 11.5. The molecule has 0 spiro atoms. The van der Waals surface area contributed by atoms with E-state index in [-0.39, 0.29) is 13.0 Å². The van der Waals surface area contributed by atoms with Crippen molar-refractivity contribution in [3.8, 4) is 0 Å². The lowest BCUT2D eigenvalue weighted by Crippen LogP contribution is -2.53. The second-order valence-corrected chi connectivity index (χ2v) is 6.22. The molecule has 8 nitrogen and oxygen atoms in total. The summed E-state index contributed by atoms with van der Waals surface area (Å²) in [6, 6.07) is 15.9. The molecule has 2 atom stereocenters. The van der Waals surface area contributed by atoms with Crippen LogP contribution in [-0.2, 0) is 32.1 Å². The number of nitrogens with one attached hydrogen (secondary N) is 2. The maximum atomic E-state index is 12.6. The van der Waals surface area contributed by atoms with Crippen LogP contribution in [0.2, 0.25) is 0 Å². The molecule has 0 fully saturated rings. The molecule has 2 rings (SSSR count). The van der Waals surface area contributed by atoms with E-state index in [2.05, 4.69) is 15.4 Å². The highest BCUT2D eigenvalue weighted by Gasteiger charge is 2.27. The number of hydrogen-bond donors (Lipinski definition) is 3. The van der Waals surface area contributed by atoms with Gasteiger partial charge in [0.2, 0.25) is 5.91 Å². The SMILES string of the molecule is COC(=O)[C@H](CO)NC(=O)[C@H](Cc1ccccc1)NC(=O)OCc1ccccc1. The number of amides is 2. The fraction of sp³-hybridized carbons (Fsp3) is 0.286. The summed E-state index contributed by atoms with van der Waals surface area (Å²) in [5.74, 6) is -1.43. The van der Waals surface area contributed by atoms with Crippen LogP contribution in [-0.4, -0.2) is 48.9 Å². The molecule has 0 aromatic heterocycles. The van der Waals surface area contributed by atoms with E-state index in [1.807, 2.05) is 48.5 Å². The summed E-state index contributed by atoms with van der Waals surface area (Å²) in [6.07, 6.45) is -0.601. The van der Waals surface area contributed by atoms with Gasteiger partial charge in [0.1, 0.15) is 12.6 Å². The molecule has 0 saturated heterocycles. The first-order valence-corrected chi connectivity index (χ1v) is 9.03. The smallest absolute Gasteiger partial charge is 0.408 e. The molecule has 0 radical (unpaired) electrons. The molecule has 0 saturated carbocycles. The average Bonchev–Trinajstić information content (AvgIpc) is 2.76. The standard InChI is InChI=1S/C21H24N2O6/c1-28-20(26)18(13-24)22-19(25)17(12-15-8-4-2-5-9-15)23-21(27)29-14-16-10-6-3-7-11-16/h2-11,17-18,24H,12-14H2,1H3,(H,22,25)(H,23,27)/t17-,18-/m0/s1. The van der Waals surface area contributed by atoms with Crippen molar-refractivity contribution in [2.45, 2.75) is 25.1 Å². The molecule has 3 N–H and O–H groups in total. The molecule has 0 heterocycles. The van der Waals surface area contributed by atoms with Crippen molar-refractivity contribution in [2.75, 3.05) is 13.7 Å². The Labute approximate surface area is 168 Å². The Hall–Kier alpha value is -3.39. The number of carbonyl (C=O) groups is 3. The summed E-state index contributed by atoms with van der Waals surface area (Å²) in [7, 11) is 1.15. The number of ether oxygens (including phenoxy) is 2. The van der Waals surface area contributed by atoms with Crippen molar-refractivity contribution in [3.05, 3.63) is 71.8 Å². The number of alkyl carbamates (subject to hydrolysis) is 1. The quantitative estimate of drug-likeness (QED) is 0.545. The minimum atomic E-state index is -1.23. The van der Waals surface area contributed by atoms with Gasteiger partial charge in [-0.15, -0.1) is 0 Å². The van der Waals surface area contributed by atoms with Crippen molar-refractivity contribution in [1.82, 2.24) is 10.6 Å². The fourth-order valence-corrected chi connectivity index (χ4v) is 2.56. The third-order valence-corrected chi connectivity index (χ3v) is 4.09. The van der Waals surface area contributed by atoms with Crippen LogP contribution in [0.3, 0.4) is 0 Å². The van der Waals surface area contributed by atoms with Crippen molar-refractivity contribution in [2.24, 2.45) is 0 Å². The van der Waals surface area contributed by atoms with Gasteiger partial charge in [0, 0.05) is 6.42 Å². The number of rotatable bonds is 9. The molecular formula is C21H24N2O6. The first-order valence-electron chi connectivity index (χ1n) is 9.03. The number of carbonyl (C=O) groups excluding carboxylic acids is 3. The third kappa shape index (κ3) is 7.27. The molecular weight excluding hydrogens is 376 g/mol. The lowest BCUT2D eigenvalue weighted by Gasteiger charge is -2.21. The number of benzene rings is 2. The van der Waals surface area contributed by atoms with Crippen LogP contribution in [0.25, 0.3) is 0 Å². The van der Waals surface area contributed by atoms with Gasteiger partial charge < -0.3 is 25.2 Å². The van der Waals surface area contributed by atoms with E-state index in [4.69, 9.17) is 4.74 Å². The summed E-state index contributed by atoms with van der Waals surface area (Å²) >= 11 is 0. The normalized spacial score (nSPS) is 12.3. The highest BCUT2D eigenvalue weighted by Crippen LogP contribution is 2.06. The Bertz CT molecular complexity index is 797. The second-order valence-electron chi connectivity index (χ2n) is 6.22. The molecule has 2 aromatic rings. The Morgan fingerprint density at radius 1 is 0.897 bits per heavy atom. The number of aliphatic hydroxyl groups excluding tert-OH is 1. The van der Waals surface area contributed by atoms with Crippen molar-refractivity contribution >= 4 is 18.0 Å². The molecule has 0 unspecified atom stereocenters. The molecule has 2 aromatic carbocycles. The first-order chi connectivity index (χ1) is 14.0. The maximum Gasteiger partial charge on any atom is 0.408 e. The van der Waals surface area contributed by atoms with Gasteiger partial charge in [-0.3, -0.25) is 4.79 Å². The Morgan fingerprint density at radius 3 is 2.03 bits per heavy atom. The van der Waals surface area contributed by atoms with Crippen LogP contribution in [0, 0.1) is 0 Å². The topological polar surface area (TPSA) is 114 Å². The zero-order valence-corrected chi connectivity index (χ0v) is 16.0. The lowest BCUT2D eigenvalue weighted by atomic mass is 10.1. The summed E-state index contributed by atoms with van der Waals surface area (Å²) in [5.41, 5.74) is 1.60. The highest BCUT2D eigenvalue weighted by atomic mass is 16.5. The van der Waals surface area contributed by atoms with Crippen LogP contribution in [0.5, 0.6) is 0 Å². The number of esters is 1. The monoisotopic (exact) mass is 400 g/mol. The number of hydrogen-bond acceptors (Lipinski definition) is 6. The zero-order chi connectivity index (χ0) is 21.1. The Morgan fingerprint density at radius 2 is 1.48 bits per heavy atom. The van der Waals surface area contributed by atoms with Crippen molar-refractivity contribution < 1.29 is 29.0 Å². The lowest BCUT2D eigenvalue weighted by molar-refractivity contribution is -0.146. The van der Waals surface area contributed by atoms with E-state index >= 15 is 0 Å². The van der Waals surface area contributed by atoms with Crippen LogP contribution >= 0.6 is 0 Å². The molecule has 29 heavy (non-hydrogen) atoms. The van der Waals surface area contributed by atoms with E-state index in [1.165, 1.54) is 0 Å². The van der Waals surface area contributed by atoms with E-state index in [0.717, 1.165) is 18.2 Å². The van der Waals surface area contributed by atoms with Gasteiger partial charge in [0.15, 0.2) is 6.04 Å². The zero-order valence-electron chi connectivity index (χ0n) is 16.0. The Balaban J connectivity index is 2.04. The van der Waals surface area contributed by atoms with Gasteiger partial charge in [-0.2, -0.15) is 0 Å². The van der Waals surface area contributed by atoms with E-state index in [1.54, 1.807) is 12.1 Å². The van der Waals surface area contributed by atoms with Gasteiger partial charge in [-0.25, -0.2) is 9.59 Å². The molecule has 0 aliphatic carbocycles. The van der Waals surface area contributed by atoms with Gasteiger partial charge in [0.05, 0.1) is 13.7 Å². The predicted molar refractivity (Wildman–Crippen MR) is 105 cm³/mol. The van der Waals surface area contributed by atoms with Gasteiger partial charge in [-0.1, -0.05) is 60.7 Å². The number of methoxy groups -OCH3 is 1. The third-order valence-electron chi connectivity index (χ3n) is 4.09. The summed E-state index contributed by atoms with van der Waals surface area (Å²) < 4.78 is 9.72. The number of aliphatic hydroxyl groups is 1. The predicted octanol–water partition coefficient (Wildman–Crippen LogP) is 1.17. The molecule has 8 heteroatoms. The molecule has 0 aliphatic rings. The van der Waals surface area contributed by atoms with E-state index in [0.29, 0.717) is 0 Å². The van der Waals surface area contributed by atoms with Gasteiger partial charge >= 0.3 is 12.1 Å². The molecule has 0 aliphatic heterocycles. The van der Waals surface area contributed by atoms with Crippen LogP contribution in [0.15, 0.2) is 60.7 Å². The molecule has 2 amide bonds. The van der Waals surface area contributed by atoms with Crippen LogP contribution in [0.1, 0.15) is 11.1 Å². The largest absolute Gasteiger partial charge is 0.467 e. The van der Waals surface area contributed by atoms with Crippen LogP contribution in [0.4, 0.5) is 4.79 Å². The first kappa shape index (κ1) is 21.9. The summed E-state index contributed by atoms with van der Waals surface area (Å²) in [6.45, 7) is -0.581. The average molecular weight is 400 g/mol. The maximum absolute atomic E-state index is 12.6. The van der Waals surface area contributed by atoms with Gasteiger partial charge in [-0.05, 0) is 11.1 Å².